The molecule has 1 saturated heterocycles. The second-order valence-electron chi connectivity index (χ2n) is 7.69. The number of carbonyl (C=O) groups is 1. The van der Waals surface area contributed by atoms with Crippen LogP contribution in [0.4, 0.5) is 0 Å². The van der Waals surface area contributed by atoms with Crippen molar-refractivity contribution in [2.75, 3.05) is 13.1 Å². The molecule has 1 atom stereocenters. The maximum Gasteiger partial charge on any atom is 0.268 e. The maximum atomic E-state index is 13.1. The topological polar surface area (TPSA) is 37.3 Å². The molecule has 1 unspecified atom stereocenters. The van der Waals surface area contributed by atoms with Crippen LogP contribution < -0.4 is 5.32 Å². The number of aromatic nitrogens is 1. The molecular weight excluding hydrogens is 346 g/mol. The van der Waals surface area contributed by atoms with Crippen molar-refractivity contribution in [1.29, 1.82) is 0 Å². The predicted molar refractivity (Wildman–Crippen MR) is 113 cm³/mol. The van der Waals surface area contributed by atoms with Gasteiger partial charge in [0.25, 0.3) is 5.91 Å². The van der Waals surface area contributed by atoms with Gasteiger partial charge in [-0.25, -0.2) is 0 Å². The highest BCUT2D eigenvalue weighted by Crippen LogP contribution is 2.29. The number of benzene rings is 2. The number of aryl methyl sites for hydroxylation is 2. The fraction of sp³-hybridized carbons (Fsp3) is 0.292. The van der Waals surface area contributed by atoms with Crippen molar-refractivity contribution in [1.82, 2.24) is 14.8 Å². The molecule has 2 heterocycles. The minimum atomic E-state index is 0.0148. The summed E-state index contributed by atoms with van der Waals surface area (Å²) in [5, 5.41) is 3.27. The fourth-order valence-corrected chi connectivity index (χ4v) is 4.22. The number of likely N-dealkylation sites (tertiary alicyclic amines) is 1. The van der Waals surface area contributed by atoms with Gasteiger partial charge in [-0.05, 0) is 30.0 Å². The smallest absolute Gasteiger partial charge is 0.268 e. The summed E-state index contributed by atoms with van der Waals surface area (Å²) in [6.07, 6.45) is 3.02. The molecule has 3 aromatic rings. The molecule has 0 bridgehead atoms. The Kier molecular flexibility index (Phi) is 5.31. The van der Waals surface area contributed by atoms with Crippen LogP contribution in [0.2, 0.25) is 0 Å². The first-order chi connectivity index (χ1) is 13.6. The van der Waals surface area contributed by atoms with Crippen LogP contribution in [0, 0.1) is 6.92 Å². The molecule has 1 fully saturated rings. The van der Waals surface area contributed by atoms with Gasteiger partial charge in [0.15, 0.2) is 0 Å². The molecule has 1 amide bonds. The van der Waals surface area contributed by atoms with E-state index in [2.05, 4.69) is 53.5 Å². The van der Waals surface area contributed by atoms with Crippen LogP contribution in [0.15, 0.2) is 66.9 Å². The third-order valence-electron chi connectivity index (χ3n) is 5.51. The third-order valence-corrected chi connectivity index (χ3v) is 5.51. The SMILES string of the molecule is Cc1cn(C)c(C(=O)NC2CCN(Cc3ccccc3)C2)c1-c1ccccc1. The summed E-state index contributed by atoms with van der Waals surface area (Å²) >= 11 is 0. The number of nitrogens with one attached hydrogen (secondary N) is 1. The Bertz CT molecular complexity index is 947. The minimum absolute atomic E-state index is 0.0148. The van der Waals surface area contributed by atoms with Gasteiger partial charge in [0.05, 0.1) is 0 Å². The lowest BCUT2D eigenvalue weighted by Crippen LogP contribution is -2.38. The van der Waals surface area contributed by atoms with E-state index in [1.807, 2.05) is 42.1 Å². The van der Waals surface area contributed by atoms with Crippen LogP contribution >= 0.6 is 0 Å². The first kappa shape index (κ1) is 18.5. The standard InChI is InChI=1S/C24H27N3O/c1-18-15-26(2)23(22(18)20-11-7-4-8-12-20)24(28)25-21-13-14-27(17-21)16-19-9-5-3-6-10-19/h3-12,15,21H,13-14,16-17H2,1-2H3,(H,25,28). The number of hydrogen-bond donors (Lipinski definition) is 1. The lowest BCUT2D eigenvalue weighted by atomic mass is 10.0. The van der Waals surface area contributed by atoms with E-state index in [1.165, 1.54) is 5.56 Å². The average Bonchev–Trinajstić information content (AvgIpc) is 3.26. The van der Waals surface area contributed by atoms with Crippen LogP contribution in [0.1, 0.15) is 28.0 Å². The van der Waals surface area contributed by atoms with E-state index < -0.39 is 0 Å². The van der Waals surface area contributed by atoms with E-state index in [4.69, 9.17) is 0 Å². The van der Waals surface area contributed by atoms with E-state index >= 15 is 0 Å². The quantitative estimate of drug-likeness (QED) is 0.734. The van der Waals surface area contributed by atoms with Gasteiger partial charge in [-0.3, -0.25) is 9.69 Å². The fourth-order valence-electron chi connectivity index (χ4n) is 4.22. The second-order valence-corrected chi connectivity index (χ2v) is 7.69. The number of nitrogens with zero attached hydrogens (tertiary/aromatic N) is 2. The summed E-state index contributed by atoms with van der Waals surface area (Å²) in [6, 6.07) is 20.9. The zero-order valence-corrected chi connectivity index (χ0v) is 16.6. The molecule has 144 valence electrons. The number of rotatable bonds is 5. The van der Waals surface area contributed by atoms with Crippen molar-refractivity contribution in [3.8, 4) is 11.1 Å². The van der Waals surface area contributed by atoms with Crippen molar-refractivity contribution in [2.24, 2.45) is 7.05 Å². The van der Waals surface area contributed by atoms with Crippen molar-refractivity contribution >= 4 is 5.91 Å². The molecule has 1 aliphatic heterocycles. The molecule has 4 heteroatoms. The minimum Gasteiger partial charge on any atom is -0.347 e. The monoisotopic (exact) mass is 373 g/mol. The molecule has 0 saturated carbocycles. The summed E-state index contributed by atoms with van der Waals surface area (Å²) in [7, 11) is 1.95. The predicted octanol–water partition coefficient (Wildman–Crippen LogP) is 4.00. The van der Waals surface area contributed by atoms with Gasteiger partial charge in [0.2, 0.25) is 0 Å². The van der Waals surface area contributed by atoms with Crippen molar-refractivity contribution < 1.29 is 4.79 Å². The molecule has 0 radical (unpaired) electrons. The molecular formula is C24H27N3O. The molecule has 1 N–H and O–H groups in total. The Morgan fingerprint density at radius 1 is 1.07 bits per heavy atom. The Balaban J connectivity index is 1.46. The van der Waals surface area contributed by atoms with Gasteiger partial charge in [-0.2, -0.15) is 0 Å². The molecule has 4 nitrogen and oxygen atoms in total. The van der Waals surface area contributed by atoms with Crippen LogP contribution in [-0.2, 0) is 13.6 Å². The number of hydrogen-bond acceptors (Lipinski definition) is 2. The van der Waals surface area contributed by atoms with Crippen molar-refractivity contribution in [2.45, 2.75) is 25.9 Å². The highest BCUT2D eigenvalue weighted by Gasteiger charge is 2.27. The first-order valence-corrected chi connectivity index (χ1v) is 9.90. The van der Waals surface area contributed by atoms with Crippen LogP contribution in [0.25, 0.3) is 11.1 Å². The Hall–Kier alpha value is -2.85. The van der Waals surface area contributed by atoms with Gasteiger partial charge in [0, 0.05) is 44.5 Å². The van der Waals surface area contributed by atoms with Gasteiger partial charge in [-0.1, -0.05) is 60.7 Å². The molecule has 28 heavy (non-hydrogen) atoms. The zero-order chi connectivity index (χ0) is 19.5. The van der Waals surface area contributed by atoms with Crippen molar-refractivity contribution in [3.05, 3.63) is 83.7 Å². The summed E-state index contributed by atoms with van der Waals surface area (Å²) in [6.45, 7) is 4.91. The summed E-state index contributed by atoms with van der Waals surface area (Å²) in [5.41, 5.74) is 5.29. The van der Waals surface area contributed by atoms with Crippen LogP contribution in [0.3, 0.4) is 0 Å². The van der Waals surface area contributed by atoms with Crippen LogP contribution in [0.5, 0.6) is 0 Å². The number of amides is 1. The Morgan fingerprint density at radius 2 is 1.75 bits per heavy atom. The summed E-state index contributed by atoms with van der Waals surface area (Å²) in [4.78, 5) is 15.6. The normalized spacial score (nSPS) is 17.0. The second kappa shape index (κ2) is 8.03. The molecule has 4 rings (SSSR count). The number of carbonyl (C=O) groups excluding carboxylic acids is 1. The lowest BCUT2D eigenvalue weighted by molar-refractivity contribution is 0.0930. The third kappa shape index (κ3) is 3.87. The van der Waals surface area contributed by atoms with Gasteiger partial charge in [-0.15, -0.1) is 0 Å². The van der Waals surface area contributed by atoms with Gasteiger partial charge >= 0.3 is 0 Å². The van der Waals surface area contributed by atoms with Crippen molar-refractivity contribution in [3.63, 3.8) is 0 Å². The first-order valence-electron chi connectivity index (χ1n) is 9.90. The van der Waals surface area contributed by atoms with E-state index in [0.717, 1.165) is 48.4 Å². The highest BCUT2D eigenvalue weighted by molar-refractivity contribution is 6.00. The molecule has 1 aromatic heterocycles. The van der Waals surface area contributed by atoms with Gasteiger partial charge in [0.1, 0.15) is 5.69 Å². The summed E-state index contributed by atoms with van der Waals surface area (Å²) in [5.74, 6) is 0.0148. The highest BCUT2D eigenvalue weighted by atomic mass is 16.2. The Morgan fingerprint density at radius 3 is 2.46 bits per heavy atom. The molecule has 2 aromatic carbocycles. The van der Waals surface area contributed by atoms with E-state index in [-0.39, 0.29) is 11.9 Å². The largest absolute Gasteiger partial charge is 0.347 e. The summed E-state index contributed by atoms with van der Waals surface area (Å²) < 4.78 is 1.95. The van der Waals surface area contributed by atoms with E-state index in [1.54, 1.807) is 0 Å². The lowest BCUT2D eigenvalue weighted by Gasteiger charge is -2.17. The average molecular weight is 374 g/mol. The van der Waals surface area contributed by atoms with E-state index in [0.29, 0.717) is 0 Å². The molecule has 0 spiro atoms. The Labute approximate surface area is 166 Å². The van der Waals surface area contributed by atoms with Crippen LogP contribution in [-0.4, -0.2) is 34.5 Å². The zero-order valence-electron chi connectivity index (χ0n) is 16.6. The molecule has 1 aliphatic rings. The van der Waals surface area contributed by atoms with Gasteiger partial charge < -0.3 is 9.88 Å². The van der Waals surface area contributed by atoms with E-state index in [9.17, 15) is 4.79 Å². The maximum absolute atomic E-state index is 13.1. The molecule has 0 aliphatic carbocycles.